The van der Waals surface area contributed by atoms with Gasteiger partial charge >= 0.3 is 0 Å². The van der Waals surface area contributed by atoms with Crippen molar-refractivity contribution in [1.29, 1.82) is 0 Å². The number of rotatable bonds is 5. The third-order valence-corrected chi connectivity index (χ3v) is 5.01. The average Bonchev–Trinajstić information content (AvgIpc) is 2.60. The molecular formula is C18H23ClN2O2. The number of aliphatic hydroxyl groups is 1. The van der Waals surface area contributed by atoms with E-state index in [4.69, 9.17) is 16.3 Å². The van der Waals surface area contributed by atoms with Gasteiger partial charge in [0.25, 0.3) is 0 Å². The Kier molecular flexibility index (Phi) is 5.36. The summed E-state index contributed by atoms with van der Waals surface area (Å²) < 4.78 is 5.29. The fourth-order valence-electron chi connectivity index (χ4n) is 3.34. The highest BCUT2D eigenvalue weighted by Gasteiger charge is 2.20. The summed E-state index contributed by atoms with van der Waals surface area (Å²) in [5.41, 5.74) is 1.59. The second kappa shape index (κ2) is 7.47. The number of hydrogen-bond donors (Lipinski definition) is 2. The van der Waals surface area contributed by atoms with Crippen LogP contribution in [0, 0.1) is 5.92 Å². The molecule has 2 aromatic rings. The van der Waals surface area contributed by atoms with Crippen molar-refractivity contribution in [3.63, 3.8) is 0 Å². The Hall–Kier alpha value is -1.36. The van der Waals surface area contributed by atoms with E-state index < -0.39 is 6.10 Å². The van der Waals surface area contributed by atoms with Crippen LogP contribution in [0.5, 0.6) is 5.75 Å². The lowest BCUT2D eigenvalue weighted by molar-refractivity contribution is 0.154. The maximum Gasteiger partial charge on any atom is 0.119 e. The van der Waals surface area contributed by atoms with Gasteiger partial charge in [0.05, 0.1) is 23.8 Å². The lowest BCUT2D eigenvalue weighted by Gasteiger charge is -2.24. The van der Waals surface area contributed by atoms with Crippen molar-refractivity contribution in [2.45, 2.75) is 31.8 Å². The van der Waals surface area contributed by atoms with E-state index in [9.17, 15) is 5.11 Å². The molecule has 1 saturated heterocycles. The number of nitrogens with zero attached hydrogens (tertiary/aromatic N) is 1. The molecule has 0 bridgehead atoms. The van der Waals surface area contributed by atoms with Crippen LogP contribution in [0.3, 0.4) is 0 Å². The van der Waals surface area contributed by atoms with Crippen molar-refractivity contribution >= 4 is 22.5 Å². The number of piperidine rings is 1. The molecule has 0 spiro atoms. The van der Waals surface area contributed by atoms with Crippen LogP contribution in [-0.4, -0.2) is 30.3 Å². The predicted molar refractivity (Wildman–Crippen MR) is 93.1 cm³/mol. The van der Waals surface area contributed by atoms with Crippen LogP contribution in [0.15, 0.2) is 24.4 Å². The highest BCUT2D eigenvalue weighted by Crippen LogP contribution is 2.35. The second-order valence-corrected chi connectivity index (χ2v) is 6.60. The Bertz CT molecular complexity index is 671. The van der Waals surface area contributed by atoms with Crippen molar-refractivity contribution in [2.75, 3.05) is 20.2 Å². The average molecular weight is 335 g/mol. The van der Waals surface area contributed by atoms with Gasteiger partial charge in [-0.05, 0) is 62.9 Å². The van der Waals surface area contributed by atoms with E-state index in [0.717, 1.165) is 48.1 Å². The normalized spacial score (nSPS) is 17.3. The van der Waals surface area contributed by atoms with Crippen LogP contribution < -0.4 is 10.1 Å². The Labute approximate surface area is 141 Å². The summed E-state index contributed by atoms with van der Waals surface area (Å²) in [5.74, 6) is 1.43. The molecule has 0 radical (unpaired) electrons. The van der Waals surface area contributed by atoms with Crippen LogP contribution in [0.4, 0.5) is 0 Å². The summed E-state index contributed by atoms with van der Waals surface area (Å²) in [6, 6.07) is 5.67. The van der Waals surface area contributed by atoms with Crippen molar-refractivity contribution < 1.29 is 9.84 Å². The number of hydrogen-bond acceptors (Lipinski definition) is 4. The first-order chi connectivity index (χ1) is 11.2. The Balaban J connectivity index is 1.83. The molecule has 5 heteroatoms. The monoisotopic (exact) mass is 334 g/mol. The number of halogens is 1. The van der Waals surface area contributed by atoms with Crippen molar-refractivity contribution in [1.82, 2.24) is 10.3 Å². The molecule has 1 aromatic carbocycles. The van der Waals surface area contributed by atoms with E-state index >= 15 is 0 Å². The minimum absolute atomic E-state index is 0.517. The highest BCUT2D eigenvalue weighted by atomic mass is 35.5. The Morgan fingerprint density at radius 2 is 2.17 bits per heavy atom. The quantitative estimate of drug-likeness (QED) is 0.875. The summed E-state index contributed by atoms with van der Waals surface area (Å²) in [5, 5.41) is 15.5. The van der Waals surface area contributed by atoms with Gasteiger partial charge in [-0.15, -0.1) is 0 Å². The molecule has 2 N–H and O–H groups in total. The van der Waals surface area contributed by atoms with E-state index in [1.807, 2.05) is 18.2 Å². The van der Waals surface area contributed by atoms with E-state index in [1.54, 1.807) is 13.3 Å². The Morgan fingerprint density at radius 1 is 1.39 bits per heavy atom. The van der Waals surface area contributed by atoms with E-state index in [2.05, 4.69) is 10.3 Å². The SMILES string of the molecule is COc1ccc2ncc(Cl)c(C(O)CCC3CCNCC3)c2c1. The summed E-state index contributed by atoms with van der Waals surface area (Å²) in [7, 11) is 1.63. The van der Waals surface area contributed by atoms with Gasteiger partial charge < -0.3 is 15.2 Å². The Morgan fingerprint density at radius 3 is 2.91 bits per heavy atom. The number of benzene rings is 1. The van der Waals surface area contributed by atoms with Crippen LogP contribution >= 0.6 is 11.6 Å². The van der Waals surface area contributed by atoms with E-state index in [0.29, 0.717) is 10.9 Å². The van der Waals surface area contributed by atoms with Crippen molar-refractivity contribution in [3.05, 3.63) is 35.0 Å². The van der Waals surface area contributed by atoms with Gasteiger partial charge in [0, 0.05) is 17.1 Å². The van der Waals surface area contributed by atoms with Crippen LogP contribution in [0.2, 0.25) is 5.02 Å². The van der Waals surface area contributed by atoms with E-state index in [-0.39, 0.29) is 0 Å². The fourth-order valence-corrected chi connectivity index (χ4v) is 3.62. The smallest absolute Gasteiger partial charge is 0.119 e. The van der Waals surface area contributed by atoms with Gasteiger partial charge in [-0.25, -0.2) is 0 Å². The van der Waals surface area contributed by atoms with Crippen molar-refractivity contribution in [2.24, 2.45) is 5.92 Å². The van der Waals surface area contributed by atoms with E-state index in [1.165, 1.54) is 12.8 Å². The molecule has 23 heavy (non-hydrogen) atoms. The van der Waals surface area contributed by atoms with Gasteiger partial charge in [0.1, 0.15) is 5.75 Å². The molecule has 3 rings (SSSR count). The number of aliphatic hydroxyl groups excluding tert-OH is 1. The predicted octanol–water partition coefficient (Wildman–Crippen LogP) is 3.71. The second-order valence-electron chi connectivity index (χ2n) is 6.19. The van der Waals surface area contributed by atoms with Gasteiger partial charge in [0.2, 0.25) is 0 Å². The first-order valence-corrected chi connectivity index (χ1v) is 8.57. The molecule has 1 fully saturated rings. The van der Waals surface area contributed by atoms with Gasteiger partial charge in [0.15, 0.2) is 0 Å². The molecule has 1 atom stereocenters. The van der Waals surface area contributed by atoms with Gasteiger partial charge in [-0.3, -0.25) is 4.98 Å². The molecule has 0 aliphatic carbocycles. The number of pyridine rings is 1. The maximum atomic E-state index is 10.7. The number of fused-ring (bicyclic) bond motifs is 1. The zero-order chi connectivity index (χ0) is 16.2. The third-order valence-electron chi connectivity index (χ3n) is 4.71. The topological polar surface area (TPSA) is 54.4 Å². The van der Waals surface area contributed by atoms with Gasteiger partial charge in [-0.2, -0.15) is 0 Å². The molecule has 1 aliphatic rings. The number of aromatic nitrogens is 1. The molecule has 2 heterocycles. The molecule has 4 nitrogen and oxygen atoms in total. The zero-order valence-corrected chi connectivity index (χ0v) is 14.1. The van der Waals surface area contributed by atoms with Gasteiger partial charge in [-0.1, -0.05) is 11.6 Å². The maximum absolute atomic E-state index is 10.7. The number of ether oxygens (including phenoxy) is 1. The lowest BCUT2D eigenvalue weighted by atomic mass is 9.90. The zero-order valence-electron chi connectivity index (χ0n) is 13.4. The largest absolute Gasteiger partial charge is 0.497 e. The van der Waals surface area contributed by atoms with Crippen LogP contribution in [0.25, 0.3) is 10.9 Å². The standard InChI is InChI=1S/C18H23ClN2O2/c1-23-13-3-4-16-14(10-13)18(15(19)11-21-16)17(22)5-2-12-6-8-20-9-7-12/h3-4,10-12,17,20,22H,2,5-9H2,1H3. The molecular weight excluding hydrogens is 312 g/mol. The third kappa shape index (κ3) is 3.77. The highest BCUT2D eigenvalue weighted by molar-refractivity contribution is 6.32. The minimum Gasteiger partial charge on any atom is -0.497 e. The molecule has 1 aromatic heterocycles. The minimum atomic E-state index is -0.574. The summed E-state index contributed by atoms with van der Waals surface area (Å²) in [4.78, 5) is 4.34. The lowest BCUT2D eigenvalue weighted by Crippen LogP contribution is -2.27. The molecule has 0 amide bonds. The van der Waals surface area contributed by atoms with Crippen LogP contribution in [-0.2, 0) is 0 Å². The fraction of sp³-hybridized carbons (Fsp3) is 0.500. The number of nitrogens with one attached hydrogen (secondary N) is 1. The number of methoxy groups -OCH3 is 1. The molecule has 0 saturated carbocycles. The molecule has 1 unspecified atom stereocenters. The first kappa shape index (κ1) is 16.5. The molecule has 1 aliphatic heterocycles. The summed E-state index contributed by atoms with van der Waals surface area (Å²) >= 11 is 6.34. The summed E-state index contributed by atoms with van der Waals surface area (Å²) in [6.45, 7) is 2.16. The summed E-state index contributed by atoms with van der Waals surface area (Å²) in [6.07, 6.45) is 5.17. The van der Waals surface area contributed by atoms with Crippen LogP contribution in [0.1, 0.15) is 37.4 Å². The van der Waals surface area contributed by atoms with Crippen molar-refractivity contribution in [3.8, 4) is 5.75 Å². The molecule has 124 valence electrons. The first-order valence-electron chi connectivity index (χ1n) is 8.20.